The molecule has 132 valence electrons. The van der Waals surface area contributed by atoms with Crippen molar-refractivity contribution in [1.82, 2.24) is 24.9 Å². The van der Waals surface area contributed by atoms with Gasteiger partial charge in [-0.15, -0.1) is 10.2 Å². The van der Waals surface area contributed by atoms with Gasteiger partial charge in [-0.3, -0.25) is 9.20 Å². The van der Waals surface area contributed by atoms with Crippen LogP contribution in [0.1, 0.15) is 42.5 Å². The number of benzene rings is 1. The first-order valence-corrected chi connectivity index (χ1v) is 8.80. The van der Waals surface area contributed by atoms with Gasteiger partial charge >= 0.3 is 0 Å². The second-order valence-electron chi connectivity index (χ2n) is 6.89. The maximum Gasteiger partial charge on any atom is 0.254 e. The lowest BCUT2D eigenvalue weighted by Crippen LogP contribution is -2.30. The van der Waals surface area contributed by atoms with Crippen molar-refractivity contribution < 1.29 is 4.79 Å². The molecule has 1 atom stereocenters. The molecular formula is C20H21N5O. The molecule has 2 N–H and O–H groups in total. The Bertz CT molecular complexity index is 1060. The lowest BCUT2D eigenvalue weighted by Gasteiger charge is -2.19. The van der Waals surface area contributed by atoms with Crippen molar-refractivity contribution >= 4 is 22.5 Å². The Labute approximate surface area is 151 Å². The predicted molar refractivity (Wildman–Crippen MR) is 101 cm³/mol. The molecule has 3 heterocycles. The van der Waals surface area contributed by atoms with E-state index in [1.54, 1.807) is 6.20 Å². The lowest BCUT2D eigenvalue weighted by atomic mass is 10.0. The molecule has 0 bridgehead atoms. The van der Waals surface area contributed by atoms with E-state index < -0.39 is 0 Å². The third-order valence-corrected chi connectivity index (χ3v) is 4.50. The number of amides is 1. The zero-order valence-corrected chi connectivity index (χ0v) is 14.8. The van der Waals surface area contributed by atoms with Crippen molar-refractivity contribution in [3.63, 3.8) is 0 Å². The van der Waals surface area contributed by atoms with Crippen molar-refractivity contribution in [1.29, 1.82) is 0 Å². The normalized spacial score (nSPS) is 12.7. The second kappa shape index (κ2) is 6.63. The Hall–Kier alpha value is -3.15. The highest BCUT2D eigenvalue weighted by Crippen LogP contribution is 2.23. The standard InChI is InChI=1S/C20H21N5O/c1-13(2)11-17(19-24-23-18-9-5-6-10-25(18)19)22-20(26)15-12-21-16-8-4-3-7-14(15)16/h3-10,12-13,17,21H,11H2,1-2H3,(H,22,26)/t17-/m0/s1. The Kier molecular flexibility index (Phi) is 4.16. The second-order valence-corrected chi connectivity index (χ2v) is 6.89. The highest BCUT2D eigenvalue weighted by Gasteiger charge is 2.23. The SMILES string of the molecule is CC(C)C[C@H](NC(=O)c1c[nH]c2ccccc12)c1nnc2ccccn12. The summed E-state index contributed by atoms with van der Waals surface area (Å²) in [5, 5.41) is 12.6. The largest absolute Gasteiger partial charge is 0.360 e. The van der Waals surface area contributed by atoms with Crippen LogP contribution in [0, 0.1) is 5.92 Å². The summed E-state index contributed by atoms with van der Waals surface area (Å²) in [5.74, 6) is 1.04. The molecule has 26 heavy (non-hydrogen) atoms. The molecule has 0 aliphatic rings. The van der Waals surface area contributed by atoms with Gasteiger partial charge in [-0.2, -0.15) is 0 Å². The summed E-state index contributed by atoms with van der Waals surface area (Å²) < 4.78 is 1.93. The number of nitrogens with zero attached hydrogens (tertiary/aromatic N) is 3. The zero-order valence-electron chi connectivity index (χ0n) is 14.8. The van der Waals surface area contributed by atoms with Crippen LogP contribution < -0.4 is 5.32 Å². The molecule has 4 rings (SSSR count). The molecular weight excluding hydrogens is 326 g/mol. The average Bonchev–Trinajstić information content (AvgIpc) is 3.25. The van der Waals surface area contributed by atoms with Crippen molar-refractivity contribution in [2.75, 3.05) is 0 Å². The fourth-order valence-electron chi connectivity index (χ4n) is 3.29. The molecule has 3 aromatic heterocycles. The summed E-state index contributed by atoms with van der Waals surface area (Å²) in [7, 11) is 0. The van der Waals surface area contributed by atoms with Crippen LogP contribution in [-0.2, 0) is 0 Å². The van der Waals surface area contributed by atoms with Gasteiger partial charge in [0.2, 0.25) is 0 Å². The summed E-state index contributed by atoms with van der Waals surface area (Å²) in [6, 6.07) is 13.4. The van der Waals surface area contributed by atoms with Crippen LogP contribution in [-0.4, -0.2) is 25.5 Å². The van der Waals surface area contributed by atoms with Crippen LogP contribution in [0.5, 0.6) is 0 Å². The average molecular weight is 347 g/mol. The Morgan fingerprint density at radius 1 is 1.15 bits per heavy atom. The fraction of sp³-hybridized carbons (Fsp3) is 0.250. The number of hydrogen-bond donors (Lipinski definition) is 2. The fourth-order valence-corrected chi connectivity index (χ4v) is 3.29. The first-order valence-electron chi connectivity index (χ1n) is 8.80. The third kappa shape index (κ3) is 2.94. The van der Waals surface area contributed by atoms with Gasteiger partial charge in [0.05, 0.1) is 11.6 Å². The van der Waals surface area contributed by atoms with E-state index in [9.17, 15) is 4.79 Å². The van der Waals surface area contributed by atoms with E-state index in [-0.39, 0.29) is 11.9 Å². The van der Waals surface area contributed by atoms with Gasteiger partial charge in [0.25, 0.3) is 5.91 Å². The summed E-state index contributed by atoms with van der Waals surface area (Å²) in [5.41, 5.74) is 2.37. The van der Waals surface area contributed by atoms with Crippen molar-refractivity contribution in [3.8, 4) is 0 Å². The maximum atomic E-state index is 13.0. The summed E-state index contributed by atoms with van der Waals surface area (Å²) in [6.07, 6.45) is 4.47. The van der Waals surface area contributed by atoms with Crippen LogP contribution in [0.25, 0.3) is 16.6 Å². The van der Waals surface area contributed by atoms with E-state index in [0.29, 0.717) is 11.5 Å². The number of aromatic amines is 1. The lowest BCUT2D eigenvalue weighted by molar-refractivity contribution is 0.0931. The molecule has 4 aromatic rings. The number of nitrogens with one attached hydrogen (secondary N) is 2. The summed E-state index contributed by atoms with van der Waals surface area (Å²) in [4.78, 5) is 16.1. The first kappa shape index (κ1) is 16.3. The molecule has 0 aliphatic carbocycles. The highest BCUT2D eigenvalue weighted by molar-refractivity contribution is 6.06. The number of carbonyl (C=O) groups is 1. The Morgan fingerprint density at radius 2 is 1.96 bits per heavy atom. The number of fused-ring (bicyclic) bond motifs is 2. The van der Waals surface area contributed by atoms with Crippen LogP contribution in [0.15, 0.2) is 54.9 Å². The zero-order chi connectivity index (χ0) is 18.1. The number of carbonyl (C=O) groups excluding carboxylic acids is 1. The number of rotatable bonds is 5. The predicted octanol–water partition coefficient (Wildman–Crippen LogP) is 3.73. The van der Waals surface area contributed by atoms with E-state index in [4.69, 9.17) is 0 Å². The molecule has 1 aromatic carbocycles. The molecule has 0 saturated heterocycles. The smallest absolute Gasteiger partial charge is 0.254 e. The molecule has 1 amide bonds. The van der Waals surface area contributed by atoms with Gasteiger partial charge in [0, 0.05) is 23.3 Å². The molecule has 6 heteroatoms. The van der Waals surface area contributed by atoms with Gasteiger partial charge in [-0.1, -0.05) is 38.1 Å². The number of H-pyrrole nitrogens is 1. The quantitative estimate of drug-likeness (QED) is 0.578. The van der Waals surface area contributed by atoms with Crippen molar-refractivity contribution in [3.05, 3.63) is 66.2 Å². The molecule has 6 nitrogen and oxygen atoms in total. The van der Waals surface area contributed by atoms with E-state index in [0.717, 1.165) is 28.8 Å². The minimum absolute atomic E-state index is 0.110. The molecule has 0 saturated carbocycles. The van der Waals surface area contributed by atoms with Gasteiger partial charge in [0.15, 0.2) is 11.5 Å². The van der Waals surface area contributed by atoms with Crippen molar-refractivity contribution in [2.24, 2.45) is 5.92 Å². The van der Waals surface area contributed by atoms with Gasteiger partial charge in [-0.05, 0) is 30.5 Å². The summed E-state index contributed by atoms with van der Waals surface area (Å²) >= 11 is 0. The van der Waals surface area contributed by atoms with E-state index in [1.807, 2.05) is 53.1 Å². The van der Waals surface area contributed by atoms with Crippen LogP contribution in [0.3, 0.4) is 0 Å². The monoisotopic (exact) mass is 347 g/mol. The van der Waals surface area contributed by atoms with Gasteiger partial charge < -0.3 is 10.3 Å². The highest BCUT2D eigenvalue weighted by atomic mass is 16.1. The molecule has 0 spiro atoms. The molecule has 0 fully saturated rings. The maximum absolute atomic E-state index is 13.0. The number of aromatic nitrogens is 4. The number of para-hydroxylation sites is 1. The van der Waals surface area contributed by atoms with Crippen LogP contribution in [0.4, 0.5) is 0 Å². The first-order chi connectivity index (χ1) is 12.6. The molecule has 0 aliphatic heterocycles. The topological polar surface area (TPSA) is 75.1 Å². The third-order valence-electron chi connectivity index (χ3n) is 4.50. The number of pyridine rings is 1. The minimum Gasteiger partial charge on any atom is -0.360 e. The Morgan fingerprint density at radius 3 is 2.81 bits per heavy atom. The van der Waals surface area contributed by atoms with E-state index in [2.05, 4.69) is 34.3 Å². The van der Waals surface area contributed by atoms with E-state index >= 15 is 0 Å². The van der Waals surface area contributed by atoms with Gasteiger partial charge in [0.1, 0.15) is 0 Å². The Balaban J connectivity index is 1.68. The van der Waals surface area contributed by atoms with Crippen molar-refractivity contribution in [2.45, 2.75) is 26.3 Å². The summed E-state index contributed by atoms with van der Waals surface area (Å²) in [6.45, 7) is 4.27. The van der Waals surface area contributed by atoms with Crippen LogP contribution >= 0.6 is 0 Å². The molecule has 0 radical (unpaired) electrons. The number of hydrogen-bond acceptors (Lipinski definition) is 3. The van der Waals surface area contributed by atoms with Gasteiger partial charge in [-0.25, -0.2) is 0 Å². The minimum atomic E-state index is -0.214. The van der Waals surface area contributed by atoms with Crippen LogP contribution in [0.2, 0.25) is 0 Å². The van der Waals surface area contributed by atoms with E-state index in [1.165, 1.54) is 0 Å². The molecule has 0 unspecified atom stereocenters.